The lowest BCUT2D eigenvalue weighted by Crippen LogP contribution is -2.41. The highest BCUT2D eigenvalue weighted by Crippen LogP contribution is 2.46. The number of thioether (sulfide) groups is 1. The Morgan fingerprint density at radius 1 is 1.37 bits per heavy atom. The standard InChI is InChI=1S/C14H24N4S/c1-13(2,3)10-11-16-17-12(18(11)8-7-15-10)14(4)6-5-9-19-14/h10,15H,5-9H2,1-4H3. The van der Waals surface area contributed by atoms with E-state index < -0.39 is 0 Å². The third-order valence-corrected chi connectivity index (χ3v) is 5.80. The van der Waals surface area contributed by atoms with Gasteiger partial charge in [-0.2, -0.15) is 0 Å². The first-order chi connectivity index (χ1) is 8.92. The van der Waals surface area contributed by atoms with Crippen molar-refractivity contribution in [2.24, 2.45) is 5.41 Å². The third kappa shape index (κ3) is 2.21. The summed E-state index contributed by atoms with van der Waals surface area (Å²) in [5.74, 6) is 3.57. The molecule has 0 aromatic carbocycles. The molecule has 0 spiro atoms. The van der Waals surface area contributed by atoms with Gasteiger partial charge in [-0.3, -0.25) is 0 Å². The van der Waals surface area contributed by atoms with Crippen LogP contribution in [-0.4, -0.2) is 27.1 Å². The fourth-order valence-corrected chi connectivity index (χ4v) is 4.51. The third-order valence-electron chi connectivity index (χ3n) is 4.28. The maximum atomic E-state index is 4.57. The second kappa shape index (κ2) is 4.48. The minimum absolute atomic E-state index is 0.172. The number of rotatable bonds is 1. The van der Waals surface area contributed by atoms with Gasteiger partial charge in [-0.1, -0.05) is 20.8 Å². The molecule has 2 aliphatic rings. The van der Waals surface area contributed by atoms with E-state index in [1.165, 1.54) is 24.4 Å². The summed E-state index contributed by atoms with van der Waals surface area (Å²) in [5, 5.41) is 12.7. The molecule has 1 aromatic rings. The van der Waals surface area contributed by atoms with Gasteiger partial charge in [-0.25, -0.2) is 0 Å². The van der Waals surface area contributed by atoms with Gasteiger partial charge in [0.25, 0.3) is 0 Å². The fraction of sp³-hybridized carbons (Fsp3) is 0.857. The topological polar surface area (TPSA) is 42.7 Å². The average Bonchev–Trinajstić information content (AvgIpc) is 2.93. The Labute approximate surface area is 119 Å². The van der Waals surface area contributed by atoms with Crippen LogP contribution in [0.5, 0.6) is 0 Å². The molecule has 2 aliphatic heterocycles. The summed E-state index contributed by atoms with van der Waals surface area (Å²) in [7, 11) is 0. The summed E-state index contributed by atoms with van der Waals surface area (Å²) in [6.07, 6.45) is 2.52. The van der Waals surface area contributed by atoms with E-state index >= 15 is 0 Å². The van der Waals surface area contributed by atoms with E-state index in [1.54, 1.807) is 0 Å². The van der Waals surface area contributed by atoms with Crippen LogP contribution in [0.2, 0.25) is 0 Å². The predicted molar refractivity (Wildman–Crippen MR) is 79.3 cm³/mol. The molecular formula is C14H24N4S. The molecule has 1 N–H and O–H groups in total. The Morgan fingerprint density at radius 3 is 2.79 bits per heavy atom. The molecule has 19 heavy (non-hydrogen) atoms. The quantitative estimate of drug-likeness (QED) is 0.859. The van der Waals surface area contributed by atoms with Crippen molar-refractivity contribution in [3.63, 3.8) is 0 Å². The smallest absolute Gasteiger partial charge is 0.150 e. The van der Waals surface area contributed by atoms with Crippen molar-refractivity contribution in [2.75, 3.05) is 12.3 Å². The molecule has 0 bridgehead atoms. The van der Waals surface area contributed by atoms with E-state index in [2.05, 4.69) is 47.8 Å². The van der Waals surface area contributed by atoms with Crippen molar-refractivity contribution in [3.8, 4) is 0 Å². The molecule has 0 amide bonds. The highest BCUT2D eigenvalue weighted by Gasteiger charge is 2.40. The molecule has 2 unspecified atom stereocenters. The van der Waals surface area contributed by atoms with Gasteiger partial charge in [-0.15, -0.1) is 22.0 Å². The highest BCUT2D eigenvalue weighted by molar-refractivity contribution is 8.00. The number of hydrogen-bond donors (Lipinski definition) is 1. The molecule has 0 saturated carbocycles. The number of nitrogens with zero attached hydrogens (tertiary/aromatic N) is 3. The Bertz CT molecular complexity index is 468. The Kier molecular flexibility index (Phi) is 3.17. The van der Waals surface area contributed by atoms with E-state index in [0.717, 1.165) is 18.9 Å². The van der Waals surface area contributed by atoms with Crippen molar-refractivity contribution in [1.29, 1.82) is 0 Å². The van der Waals surface area contributed by atoms with Crippen molar-refractivity contribution >= 4 is 11.8 Å². The SMILES string of the molecule is CC1(c2nnc3n2CCNC3C(C)(C)C)CCCS1. The van der Waals surface area contributed by atoms with E-state index in [0.29, 0.717) is 6.04 Å². The highest BCUT2D eigenvalue weighted by atomic mass is 32.2. The average molecular weight is 280 g/mol. The van der Waals surface area contributed by atoms with Gasteiger partial charge in [0.1, 0.15) is 5.82 Å². The molecule has 106 valence electrons. The zero-order chi connectivity index (χ0) is 13.7. The minimum Gasteiger partial charge on any atom is -0.311 e. The van der Waals surface area contributed by atoms with Crippen LogP contribution in [0.3, 0.4) is 0 Å². The van der Waals surface area contributed by atoms with Crippen molar-refractivity contribution < 1.29 is 0 Å². The molecule has 3 rings (SSSR count). The summed E-state index contributed by atoms with van der Waals surface area (Å²) in [5.41, 5.74) is 0.173. The van der Waals surface area contributed by atoms with Crippen LogP contribution in [0.25, 0.3) is 0 Å². The lowest BCUT2D eigenvalue weighted by Gasteiger charge is -2.35. The Hall–Kier alpha value is -0.550. The van der Waals surface area contributed by atoms with Gasteiger partial charge in [-0.05, 0) is 30.9 Å². The summed E-state index contributed by atoms with van der Waals surface area (Å²) in [6, 6.07) is 0.303. The van der Waals surface area contributed by atoms with E-state index in [9.17, 15) is 0 Å². The van der Waals surface area contributed by atoms with Crippen molar-refractivity contribution in [2.45, 2.75) is 57.9 Å². The second-order valence-corrected chi connectivity index (χ2v) is 8.57. The lowest BCUT2D eigenvalue weighted by atomic mass is 9.85. The van der Waals surface area contributed by atoms with Crippen molar-refractivity contribution in [3.05, 3.63) is 11.6 Å². The molecule has 0 aliphatic carbocycles. The zero-order valence-electron chi connectivity index (χ0n) is 12.4. The largest absolute Gasteiger partial charge is 0.311 e. The fourth-order valence-electron chi connectivity index (χ4n) is 3.20. The minimum atomic E-state index is 0.172. The zero-order valence-corrected chi connectivity index (χ0v) is 13.2. The lowest BCUT2D eigenvalue weighted by molar-refractivity contribution is 0.231. The van der Waals surface area contributed by atoms with Gasteiger partial charge >= 0.3 is 0 Å². The van der Waals surface area contributed by atoms with E-state index in [4.69, 9.17) is 0 Å². The maximum absolute atomic E-state index is 4.57. The van der Waals surface area contributed by atoms with Gasteiger partial charge < -0.3 is 9.88 Å². The van der Waals surface area contributed by atoms with Gasteiger partial charge in [0.15, 0.2) is 5.82 Å². The molecular weight excluding hydrogens is 256 g/mol. The van der Waals surface area contributed by atoms with Crippen LogP contribution in [0, 0.1) is 5.41 Å². The van der Waals surface area contributed by atoms with Crippen LogP contribution in [0.4, 0.5) is 0 Å². The van der Waals surface area contributed by atoms with Crippen LogP contribution in [0.1, 0.15) is 58.2 Å². The van der Waals surface area contributed by atoms with Gasteiger partial charge in [0.05, 0.1) is 10.8 Å². The van der Waals surface area contributed by atoms with Crippen LogP contribution in [0.15, 0.2) is 0 Å². The predicted octanol–water partition coefficient (Wildman–Crippen LogP) is 2.71. The molecule has 5 heteroatoms. The number of fused-ring (bicyclic) bond motifs is 1. The van der Waals surface area contributed by atoms with E-state index in [-0.39, 0.29) is 10.2 Å². The van der Waals surface area contributed by atoms with E-state index in [1.807, 2.05) is 11.8 Å². The Balaban J connectivity index is 2.01. The molecule has 3 heterocycles. The molecule has 1 aromatic heterocycles. The summed E-state index contributed by atoms with van der Waals surface area (Å²) in [6.45, 7) is 11.1. The normalized spacial score (nSPS) is 31.5. The first-order valence-electron chi connectivity index (χ1n) is 7.23. The van der Waals surface area contributed by atoms with Gasteiger partial charge in [0.2, 0.25) is 0 Å². The Morgan fingerprint density at radius 2 is 2.16 bits per heavy atom. The molecule has 1 saturated heterocycles. The number of hydrogen-bond acceptors (Lipinski definition) is 4. The van der Waals surface area contributed by atoms with Crippen molar-refractivity contribution in [1.82, 2.24) is 20.1 Å². The summed E-state index contributed by atoms with van der Waals surface area (Å²) in [4.78, 5) is 0. The summed E-state index contributed by atoms with van der Waals surface area (Å²) < 4.78 is 2.55. The number of aromatic nitrogens is 3. The monoisotopic (exact) mass is 280 g/mol. The van der Waals surface area contributed by atoms with Crippen LogP contribution < -0.4 is 5.32 Å². The maximum Gasteiger partial charge on any atom is 0.150 e. The van der Waals surface area contributed by atoms with Crippen LogP contribution in [-0.2, 0) is 11.3 Å². The van der Waals surface area contributed by atoms with Crippen LogP contribution >= 0.6 is 11.8 Å². The molecule has 0 radical (unpaired) electrons. The molecule has 4 nitrogen and oxygen atoms in total. The second-order valence-electron chi connectivity index (χ2n) is 6.97. The molecule has 1 fully saturated rings. The first-order valence-corrected chi connectivity index (χ1v) is 8.21. The first kappa shape index (κ1) is 13.4. The van der Waals surface area contributed by atoms with Gasteiger partial charge in [0, 0.05) is 13.1 Å². The molecule has 2 atom stereocenters. The summed E-state index contributed by atoms with van der Waals surface area (Å²) >= 11 is 2.04. The number of nitrogens with one attached hydrogen (secondary N) is 1.